The molecule has 0 fully saturated rings. The van der Waals surface area contributed by atoms with Gasteiger partial charge in [0.2, 0.25) is 5.91 Å². The summed E-state index contributed by atoms with van der Waals surface area (Å²) in [5.74, 6) is -2.03. The van der Waals surface area contributed by atoms with Gasteiger partial charge in [-0.2, -0.15) is 0 Å². The Kier molecular flexibility index (Phi) is 3.56. The molecule has 0 spiro atoms. The summed E-state index contributed by atoms with van der Waals surface area (Å²) < 4.78 is 25.9. The van der Waals surface area contributed by atoms with Crippen LogP contribution in [0.4, 0.5) is 20.2 Å². The predicted octanol–water partition coefficient (Wildman–Crippen LogP) is 3.50. The Hall–Kier alpha value is -2.43. The Labute approximate surface area is 121 Å². The van der Waals surface area contributed by atoms with Gasteiger partial charge in [-0.05, 0) is 23.8 Å². The Bertz CT molecular complexity index is 688. The lowest BCUT2D eigenvalue weighted by Crippen LogP contribution is -2.16. The van der Waals surface area contributed by atoms with E-state index in [2.05, 4.69) is 10.6 Å². The van der Waals surface area contributed by atoms with Crippen molar-refractivity contribution in [2.45, 2.75) is 12.3 Å². The van der Waals surface area contributed by atoms with Crippen LogP contribution in [0.3, 0.4) is 0 Å². The molecule has 0 aliphatic carbocycles. The van der Waals surface area contributed by atoms with Crippen LogP contribution >= 0.6 is 0 Å². The van der Waals surface area contributed by atoms with Crippen LogP contribution in [0.1, 0.15) is 17.9 Å². The maximum Gasteiger partial charge on any atom is 0.225 e. The van der Waals surface area contributed by atoms with Gasteiger partial charge in [-0.25, -0.2) is 8.78 Å². The largest absolute Gasteiger partial charge is 0.384 e. The Morgan fingerprint density at radius 3 is 2.81 bits per heavy atom. The summed E-state index contributed by atoms with van der Waals surface area (Å²) in [6.07, 6.45) is 0.295. The SMILES string of the molecule is O=C(CC1CNc2ccccc21)Nc1ccc(F)c(F)c1. The summed E-state index contributed by atoms with van der Waals surface area (Å²) in [6, 6.07) is 11.2. The molecule has 108 valence electrons. The molecule has 0 bridgehead atoms. The molecule has 3 rings (SSSR count). The molecule has 0 radical (unpaired) electrons. The van der Waals surface area contributed by atoms with Gasteiger partial charge in [0.05, 0.1) is 0 Å². The molecular weight excluding hydrogens is 274 g/mol. The third-order valence-corrected chi connectivity index (χ3v) is 3.57. The first-order valence-electron chi connectivity index (χ1n) is 6.71. The maximum atomic E-state index is 13.1. The van der Waals surface area contributed by atoms with Crippen LogP contribution < -0.4 is 10.6 Å². The molecule has 0 saturated heterocycles. The Balaban J connectivity index is 1.66. The fourth-order valence-corrected chi connectivity index (χ4v) is 2.55. The molecule has 1 heterocycles. The van der Waals surface area contributed by atoms with E-state index in [9.17, 15) is 13.6 Å². The molecule has 2 aromatic carbocycles. The molecule has 3 nitrogen and oxygen atoms in total. The lowest BCUT2D eigenvalue weighted by molar-refractivity contribution is -0.116. The topological polar surface area (TPSA) is 41.1 Å². The number of rotatable bonds is 3. The summed E-state index contributed by atoms with van der Waals surface area (Å²) in [5, 5.41) is 5.84. The zero-order valence-electron chi connectivity index (χ0n) is 11.2. The minimum Gasteiger partial charge on any atom is -0.384 e. The highest BCUT2D eigenvalue weighted by molar-refractivity contribution is 5.91. The van der Waals surface area contributed by atoms with Gasteiger partial charge in [-0.1, -0.05) is 18.2 Å². The fourth-order valence-electron chi connectivity index (χ4n) is 2.55. The van der Waals surface area contributed by atoms with Crippen molar-refractivity contribution in [2.24, 2.45) is 0 Å². The molecule has 5 heteroatoms. The van der Waals surface area contributed by atoms with E-state index >= 15 is 0 Å². The van der Waals surface area contributed by atoms with Crippen molar-refractivity contribution in [1.29, 1.82) is 0 Å². The van der Waals surface area contributed by atoms with E-state index < -0.39 is 11.6 Å². The van der Waals surface area contributed by atoms with Crippen LogP contribution in [-0.4, -0.2) is 12.5 Å². The molecule has 1 atom stereocenters. The van der Waals surface area contributed by atoms with Crippen molar-refractivity contribution in [2.75, 3.05) is 17.2 Å². The Morgan fingerprint density at radius 1 is 1.19 bits per heavy atom. The van der Waals surface area contributed by atoms with Crippen molar-refractivity contribution in [1.82, 2.24) is 0 Å². The number of anilines is 2. The number of nitrogens with one attached hydrogen (secondary N) is 2. The zero-order valence-corrected chi connectivity index (χ0v) is 11.2. The average molecular weight is 288 g/mol. The third kappa shape index (κ3) is 2.86. The summed E-state index contributed by atoms with van der Waals surface area (Å²) in [7, 11) is 0. The number of hydrogen-bond donors (Lipinski definition) is 2. The highest BCUT2D eigenvalue weighted by Crippen LogP contribution is 2.33. The highest BCUT2D eigenvalue weighted by atomic mass is 19.2. The molecule has 1 aliphatic heterocycles. The number of fused-ring (bicyclic) bond motifs is 1. The standard InChI is InChI=1S/C16H14F2N2O/c17-13-6-5-11(8-14(13)18)20-16(21)7-10-9-19-15-4-2-1-3-12(10)15/h1-6,8,10,19H,7,9H2,(H,20,21). The van der Waals surface area contributed by atoms with Gasteiger partial charge in [0.1, 0.15) is 0 Å². The number of carbonyl (C=O) groups excluding carboxylic acids is 1. The second-order valence-electron chi connectivity index (χ2n) is 5.05. The second kappa shape index (κ2) is 5.52. The van der Waals surface area contributed by atoms with Gasteiger partial charge < -0.3 is 10.6 Å². The van der Waals surface area contributed by atoms with Crippen molar-refractivity contribution in [3.63, 3.8) is 0 Å². The number of para-hydroxylation sites is 1. The molecule has 1 unspecified atom stereocenters. The number of halogens is 2. The molecule has 2 N–H and O–H groups in total. The normalized spacial score (nSPS) is 16.2. The molecule has 1 aliphatic rings. The van der Waals surface area contributed by atoms with E-state index in [0.717, 1.165) is 23.4 Å². The van der Waals surface area contributed by atoms with Crippen LogP contribution in [0.15, 0.2) is 42.5 Å². The molecule has 0 aromatic heterocycles. The van der Waals surface area contributed by atoms with Gasteiger partial charge >= 0.3 is 0 Å². The van der Waals surface area contributed by atoms with Gasteiger partial charge in [0.25, 0.3) is 0 Å². The van der Waals surface area contributed by atoms with Crippen molar-refractivity contribution < 1.29 is 13.6 Å². The van der Waals surface area contributed by atoms with E-state index in [-0.39, 0.29) is 17.5 Å². The zero-order chi connectivity index (χ0) is 14.8. The fraction of sp³-hybridized carbons (Fsp3) is 0.188. The monoisotopic (exact) mass is 288 g/mol. The molecule has 1 amide bonds. The predicted molar refractivity (Wildman–Crippen MR) is 77.3 cm³/mol. The summed E-state index contributed by atoms with van der Waals surface area (Å²) >= 11 is 0. The van der Waals surface area contributed by atoms with Crippen LogP contribution in [-0.2, 0) is 4.79 Å². The number of amides is 1. The minimum absolute atomic E-state index is 0.0893. The van der Waals surface area contributed by atoms with Gasteiger partial charge in [-0.3, -0.25) is 4.79 Å². The lowest BCUT2D eigenvalue weighted by atomic mass is 9.97. The molecular formula is C16H14F2N2O. The van der Waals surface area contributed by atoms with E-state index in [4.69, 9.17) is 0 Å². The first-order valence-corrected chi connectivity index (χ1v) is 6.71. The van der Waals surface area contributed by atoms with E-state index in [0.29, 0.717) is 13.0 Å². The van der Waals surface area contributed by atoms with Crippen molar-refractivity contribution >= 4 is 17.3 Å². The van der Waals surface area contributed by atoms with Crippen molar-refractivity contribution in [3.8, 4) is 0 Å². The van der Waals surface area contributed by atoms with Crippen LogP contribution in [0.2, 0.25) is 0 Å². The van der Waals surface area contributed by atoms with Gasteiger partial charge in [0, 0.05) is 36.3 Å². The summed E-state index contributed by atoms with van der Waals surface area (Å²) in [5.41, 5.74) is 2.42. The van der Waals surface area contributed by atoms with Crippen LogP contribution in [0.5, 0.6) is 0 Å². The highest BCUT2D eigenvalue weighted by Gasteiger charge is 2.24. The van der Waals surface area contributed by atoms with Crippen LogP contribution in [0.25, 0.3) is 0 Å². The number of carbonyl (C=O) groups is 1. The van der Waals surface area contributed by atoms with Gasteiger partial charge in [-0.15, -0.1) is 0 Å². The maximum absolute atomic E-state index is 13.1. The molecule has 21 heavy (non-hydrogen) atoms. The molecule has 2 aromatic rings. The summed E-state index contributed by atoms with van der Waals surface area (Å²) in [4.78, 5) is 12.0. The van der Waals surface area contributed by atoms with Crippen molar-refractivity contribution in [3.05, 3.63) is 59.7 Å². The number of hydrogen-bond acceptors (Lipinski definition) is 2. The lowest BCUT2D eigenvalue weighted by Gasteiger charge is -2.11. The van der Waals surface area contributed by atoms with E-state index in [1.165, 1.54) is 6.07 Å². The van der Waals surface area contributed by atoms with E-state index in [1.54, 1.807) is 0 Å². The van der Waals surface area contributed by atoms with Gasteiger partial charge in [0.15, 0.2) is 11.6 Å². The second-order valence-corrected chi connectivity index (χ2v) is 5.05. The van der Waals surface area contributed by atoms with E-state index in [1.807, 2.05) is 24.3 Å². The third-order valence-electron chi connectivity index (χ3n) is 3.57. The molecule has 0 saturated carbocycles. The smallest absolute Gasteiger partial charge is 0.225 e. The van der Waals surface area contributed by atoms with Crippen LogP contribution in [0, 0.1) is 11.6 Å². The first kappa shape index (κ1) is 13.5. The first-order chi connectivity index (χ1) is 10.1. The minimum atomic E-state index is -0.972. The number of benzene rings is 2. The summed E-state index contributed by atoms with van der Waals surface area (Å²) in [6.45, 7) is 0.699. The average Bonchev–Trinajstić information content (AvgIpc) is 2.86. The quantitative estimate of drug-likeness (QED) is 0.907. The Morgan fingerprint density at radius 2 is 2.00 bits per heavy atom.